The third-order valence-corrected chi connectivity index (χ3v) is 3.54. The average molecular weight is 310 g/mol. The molecule has 1 aliphatic rings. The van der Waals surface area contributed by atoms with Gasteiger partial charge < -0.3 is 14.0 Å². The second-order valence-electron chi connectivity index (χ2n) is 4.21. The molecule has 5 heteroatoms. The monoisotopic (exact) mass is 309 g/mol. The molecule has 0 unspecified atom stereocenters. The first kappa shape index (κ1) is 11.6. The lowest BCUT2D eigenvalue weighted by molar-refractivity contribution is 0.303. The fraction of sp³-hybridized carbons (Fsp3) is 0.308. The number of halogens is 1. The van der Waals surface area contributed by atoms with Crippen LogP contribution in [-0.2, 0) is 13.0 Å². The van der Waals surface area contributed by atoms with E-state index in [1.165, 1.54) is 5.56 Å². The number of rotatable bonds is 3. The zero-order valence-corrected chi connectivity index (χ0v) is 11.5. The van der Waals surface area contributed by atoms with E-state index < -0.39 is 0 Å². The summed E-state index contributed by atoms with van der Waals surface area (Å²) < 4.78 is 17.1. The second kappa shape index (κ2) is 4.65. The molecule has 1 aliphatic heterocycles. The molecule has 0 radical (unpaired) electrons. The first-order valence-electron chi connectivity index (χ1n) is 5.72. The Labute approximate surface area is 113 Å². The maximum atomic E-state index is 5.75. The van der Waals surface area contributed by atoms with Crippen molar-refractivity contribution in [2.45, 2.75) is 20.0 Å². The van der Waals surface area contributed by atoms with E-state index in [9.17, 15) is 0 Å². The Bertz CT molecular complexity index is 580. The lowest BCUT2D eigenvalue weighted by atomic mass is 10.1. The Kier molecular flexibility index (Phi) is 2.99. The maximum Gasteiger partial charge on any atom is 0.137 e. The molecule has 94 valence electrons. The summed E-state index contributed by atoms with van der Waals surface area (Å²) in [6, 6.07) is 3.95. The van der Waals surface area contributed by atoms with Crippen molar-refractivity contribution in [3.8, 4) is 11.5 Å². The molecule has 2 heterocycles. The normalized spacial score (nSPS) is 13.2. The largest absolute Gasteiger partial charge is 0.492 e. The van der Waals surface area contributed by atoms with E-state index in [4.69, 9.17) is 14.0 Å². The number of ether oxygens (including phenoxy) is 2. The van der Waals surface area contributed by atoms with E-state index in [1.807, 2.05) is 19.1 Å². The molecule has 0 saturated carbocycles. The smallest absolute Gasteiger partial charge is 0.137 e. The molecule has 1 aromatic heterocycles. The summed E-state index contributed by atoms with van der Waals surface area (Å²) in [6.45, 7) is 3.10. The van der Waals surface area contributed by atoms with E-state index in [0.717, 1.165) is 40.3 Å². The molecule has 0 atom stereocenters. The summed E-state index contributed by atoms with van der Waals surface area (Å²) in [4.78, 5) is 0. The van der Waals surface area contributed by atoms with E-state index >= 15 is 0 Å². The van der Waals surface area contributed by atoms with Crippen molar-refractivity contribution in [2.24, 2.45) is 0 Å². The molecule has 3 rings (SSSR count). The number of aryl methyl sites for hydroxylation is 1. The van der Waals surface area contributed by atoms with Gasteiger partial charge in [-0.25, -0.2) is 0 Å². The van der Waals surface area contributed by atoms with Crippen molar-refractivity contribution in [2.75, 3.05) is 6.61 Å². The van der Waals surface area contributed by atoms with Crippen molar-refractivity contribution in [3.05, 3.63) is 39.7 Å². The molecular formula is C13H12BrNO3. The van der Waals surface area contributed by atoms with Crippen molar-refractivity contribution in [1.82, 2.24) is 5.16 Å². The van der Waals surface area contributed by atoms with Gasteiger partial charge in [0.25, 0.3) is 0 Å². The van der Waals surface area contributed by atoms with Gasteiger partial charge in [0.05, 0.1) is 22.3 Å². The lowest BCUT2D eigenvalue weighted by Crippen LogP contribution is -1.96. The summed E-state index contributed by atoms with van der Waals surface area (Å²) in [5.41, 5.74) is 3.00. The molecule has 4 nitrogen and oxygen atoms in total. The van der Waals surface area contributed by atoms with E-state index in [-0.39, 0.29) is 0 Å². The third kappa shape index (κ3) is 2.10. The van der Waals surface area contributed by atoms with Gasteiger partial charge in [0.2, 0.25) is 0 Å². The van der Waals surface area contributed by atoms with Crippen LogP contribution in [0.15, 0.2) is 27.4 Å². The van der Waals surface area contributed by atoms with Crippen LogP contribution in [-0.4, -0.2) is 11.8 Å². The summed E-state index contributed by atoms with van der Waals surface area (Å²) in [5.74, 6) is 1.76. The Morgan fingerprint density at radius 3 is 3.11 bits per heavy atom. The Morgan fingerprint density at radius 1 is 1.44 bits per heavy atom. The zero-order chi connectivity index (χ0) is 12.5. The molecule has 18 heavy (non-hydrogen) atoms. The van der Waals surface area contributed by atoms with Crippen molar-refractivity contribution < 1.29 is 14.0 Å². The van der Waals surface area contributed by atoms with Crippen LogP contribution in [0.25, 0.3) is 0 Å². The van der Waals surface area contributed by atoms with Crippen LogP contribution >= 0.6 is 15.9 Å². The Hall–Kier alpha value is -1.49. The third-order valence-electron chi connectivity index (χ3n) is 2.96. The molecule has 0 spiro atoms. The van der Waals surface area contributed by atoms with Crippen LogP contribution in [0.5, 0.6) is 11.5 Å². The summed E-state index contributed by atoms with van der Waals surface area (Å²) in [7, 11) is 0. The lowest BCUT2D eigenvalue weighted by Gasteiger charge is -2.08. The molecular weight excluding hydrogens is 298 g/mol. The van der Waals surface area contributed by atoms with Gasteiger partial charge in [-0.3, -0.25) is 0 Å². The van der Waals surface area contributed by atoms with Gasteiger partial charge in [-0.1, -0.05) is 5.16 Å². The molecule has 0 fully saturated rings. The van der Waals surface area contributed by atoms with E-state index in [1.54, 1.807) is 6.26 Å². The maximum absolute atomic E-state index is 5.75. The Morgan fingerprint density at radius 2 is 2.33 bits per heavy atom. The van der Waals surface area contributed by atoms with Gasteiger partial charge in [0.1, 0.15) is 24.4 Å². The molecule has 0 saturated heterocycles. The quantitative estimate of drug-likeness (QED) is 0.873. The van der Waals surface area contributed by atoms with Gasteiger partial charge >= 0.3 is 0 Å². The molecule has 1 aromatic carbocycles. The molecule has 2 aromatic rings. The highest BCUT2D eigenvalue weighted by atomic mass is 79.9. The highest BCUT2D eigenvalue weighted by molar-refractivity contribution is 9.10. The Balaban J connectivity index is 1.78. The number of fused-ring (bicyclic) bond motifs is 1. The van der Waals surface area contributed by atoms with Crippen molar-refractivity contribution in [1.29, 1.82) is 0 Å². The fourth-order valence-electron chi connectivity index (χ4n) is 1.93. The van der Waals surface area contributed by atoms with Crippen LogP contribution in [0.1, 0.15) is 16.8 Å². The van der Waals surface area contributed by atoms with E-state index in [0.29, 0.717) is 6.61 Å². The highest BCUT2D eigenvalue weighted by Gasteiger charge is 2.17. The number of aromatic nitrogens is 1. The van der Waals surface area contributed by atoms with Crippen molar-refractivity contribution in [3.63, 3.8) is 0 Å². The van der Waals surface area contributed by atoms with Gasteiger partial charge in [-0.05, 0) is 35.0 Å². The minimum Gasteiger partial charge on any atom is -0.492 e. The fourth-order valence-corrected chi connectivity index (χ4v) is 2.52. The topological polar surface area (TPSA) is 44.5 Å². The minimum atomic E-state index is 0.460. The molecule has 0 amide bonds. The molecule has 0 N–H and O–H groups in total. The van der Waals surface area contributed by atoms with Gasteiger partial charge in [-0.15, -0.1) is 0 Å². The van der Waals surface area contributed by atoms with Crippen LogP contribution < -0.4 is 9.47 Å². The predicted molar refractivity (Wildman–Crippen MR) is 68.9 cm³/mol. The molecule has 0 bridgehead atoms. The number of hydrogen-bond acceptors (Lipinski definition) is 4. The number of benzene rings is 1. The van der Waals surface area contributed by atoms with Crippen molar-refractivity contribution >= 4 is 15.9 Å². The van der Waals surface area contributed by atoms with E-state index in [2.05, 4.69) is 21.1 Å². The summed E-state index contributed by atoms with van der Waals surface area (Å²) in [5, 5.41) is 3.82. The molecule has 0 aliphatic carbocycles. The van der Waals surface area contributed by atoms with Crippen LogP contribution in [0, 0.1) is 6.92 Å². The first-order valence-corrected chi connectivity index (χ1v) is 6.51. The first-order chi connectivity index (χ1) is 8.74. The standard InChI is InChI=1S/C13H12BrNO3/c1-8-10(7-18-15-8)6-17-11-4-9-2-3-16-13(9)12(14)5-11/h4-5,7H,2-3,6H2,1H3. The average Bonchev–Trinajstić information content (AvgIpc) is 2.95. The predicted octanol–water partition coefficient (Wildman–Crippen LogP) is 3.26. The SMILES string of the molecule is Cc1nocc1COc1cc(Br)c2c(c1)CCO2. The van der Waals surface area contributed by atoms with Crippen LogP contribution in [0.4, 0.5) is 0 Å². The van der Waals surface area contributed by atoms with Crippen LogP contribution in [0.2, 0.25) is 0 Å². The van der Waals surface area contributed by atoms with Crippen LogP contribution in [0.3, 0.4) is 0 Å². The zero-order valence-electron chi connectivity index (χ0n) is 9.90. The summed E-state index contributed by atoms with van der Waals surface area (Å²) in [6.07, 6.45) is 2.54. The number of hydrogen-bond donors (Lipinski definition) is 0. The second-order valence-corrected chi connectivity index (χ2v) is 5.06. The summed E-state index contributed by atoms with van der Waals surface area (Å²) >= 11 is 3.50. The highest BCUT2D eigenvalue weighted by Crippen LogP contribution is 2.37. The van der Waals surface area contributed by atoms with Gasteiger partial charge in [0, 0.05) is 12.0 Å². The minimum absolute atomic E-state index is 0.460. The van der Waals surface area contributed by atoms with Gasteiger partial charge in [0.15, 0.2) is 0 Å². The van der Waals surface area contributed by atoms with Gasteiger partial charge in [-0.2, -0.15) is 0 Å². The number of nitrogens with zero attached hydrogens (tertiary/aromatic N) is 1.